The van der Waals surface area contributed by atoms with Crippen molar-refractivity contribution < 1.29 is 14.3 Å². The van der Waals surface area contributed by atoms with Gasteiger partial charge in [0.2, 0.25) is 0 Å². The number of carbonyl (C=O) groups is 2. The molecule has 0 aromatic heterocycles. The number of carbonyl (C=O) groups excluding carboxylic acids is 2. The van der Waals surface area contributed by atoms with Crippen LogP contribution < -0.4 is 5.32 Å². The molecule has 1 N–H and O–H groups in total. The first-order chi connectivity index (χ1) is 9.65. The minimum atomic E-state index is -0.257. The third-order valence-corrected chi connectivity index (χ3v) is 3.94. The molecule has 0 saturated carbocycles. The Hall–Kier alpha value is -1.69. The number of amides is 2. The zero-order valence-electron chi connectivity index (χ0n) is 11.4. The molecule has 6 heteroatoms. The third-order valence-electron chi connectivity index (χ3n) is 2.92. The summed E-state index contributed by atoms with van der Waals surface area (Å²) in [4.78, 5) is 25.6. The lowest BCUT2D eigenvalue weighted by molar-refractivity contribution is -0.149. The molecule has 0 unspecified atom stereocenters. The molecule has 1 aliphatic heterocycles. The van der Waals surface area contributed by atoms with Crippen LogP contribution in [0, 0.1) is 0 Å². The van der Waals surface area contributed by atoms with E-state index in [0.717, 1.165) is 4.90 Å². The van der Waals surface area contributed by atoms with Crippen LogP contribution in [0.15, 0.2) is 35.2 Å². The van der Waals surface area contributed by atoms with Gasteiger partial charge in [0, 0.05) is 17.7 Å². The first kappa shape index (κ1) is 14.7. The summed E-state index contributed by atoms with van der Waals surface area (Å²) < 4.78 is 5.34. The van der Waals surface area contributed by atoms with Gasteiger partial charge in [-0.1, -0.05) is 18.2 Å². The van der Waals surface area contributed by atoms with E-state index >= 15 is 0 Å². The first-order valence-electron chi connectivity index (χ1n) is 6.51. The van der Waals surface area contributed by atoms with Gasteiger partial charge in [-0.3, -0.25) is 4.79 Å². The van der Waals surface area contributed by atoms with Crippen LogP contribution in [0.2, 0.25) is 0 Å². The molecular weight excluding hydrogens is 276 g/mol. The molecule has 1 atom stereocenters. The Labute approximate surface area is 122 Å². The SMILES string of the molecule is CN1C[C@@H](OC(=O)CCSc2ccccc2)CNC1=O. The standard InChI is InChI=1S/C14H18N2O3S/c1-16-10-11(9-15-14(16)18)19-13(17)7-8-20-12-5-3-2-4-6-12/h2-6,11H,7-10H2,1H3,(H,15,18)/t11-/m0/s1. The summed E-state index contributed by atoms with van der Waals surface area (Å²) in [6, 6.07) is 9.81. The molecule has 1 saturated heterocycles. The van der Waals surface area contributed by atoms with Crippen molar-refractivity contribution in [1.82, 2.24) is 10.2 Å². The second-order valence-corrected chi connectivity index (χ2v) is 5.76. The van der Waals surface area contributed by atoms with E-state index in [1.165, 1.54) is 4.90 Å². The van der Waals surface area contributed by atoms with Crippen molar-refractivity contribution in [2.24, 2.45) is 0 Å². The van der Waals surface area contributed by atoms with Crippen molar-refractivity contribution in [3.8, 4) is 0 Å². The van der Waals surface area contributed by atoms with Gasteiger partial charge in [-0.2, -0.15) is 0 Å². The lowest BCUT2D eigenvalue weighted by atomic mass is 10.3. The molecule has 1 aromatic rings. The lowest BCUT2D eigenvalue weighted by Crippen LogP contribution is -2.53. The minimum absolute atomic E-state index is 0.128. The third kappa shape index (κ3) is 4.45. The zero-order valence-corrected chi connectivity index (χ0v) is 12.2. The predicted molar refractivity (Wildman–Crippen MR) is 77.7 cm³/mol. The average Bonchev–Trinajstić information content (AvgIpc) is 2.44. The maximum atomic E-state index is 11.7. The lowest BCUT2D eigenvalue weighted by Gasteiger charge is -2.30. The molecule has 1 aromatic carbocycles. The number of likely N-dealkylation sites (N-methyl/N-ethyl adjacent to an activating group) is 1. The van der Waals surface area contributed by atoms with E-state index in [2.05, 4.69) is 5.32 Å². The molecule has 1 heterocycles. The smallest absolute Gasteiger partial charge is 0.317 e. The first-order valence-corrected chi connectivity index (χ1v) is 7.50. The summed E-state index contributed by atoms with van der Waals surface area (Å²) in [6.07, 6.45) is 0.111. The number of hydrogen-bond acceptors (Lipinski definition) is 4. The maximum absolute atomic E-state index is 11.7. The van der Waals surface area contributed by atoms with Gasteiger partial charge in [-0.15, -0.1) is 11.8 Å². The number of rotatable bonds is 5. The van der Waals surface area contributed by atoms with Crippen LogP contribution in [-0.4, -0.2) is 48.9 Å². The van der Waals surface area contributed by atoms with E-state index in [-0.39, 0.29) is 18.1 Å². The monoisotopic (exact) mass is 294 g/mol. The fraction of sp³-hybridized carbons (Fsp3) is 0.429. The van der Waals surface area contributed by atoms with Gasteiger partial charge in [0.05, 0.1) is 19.5 Å². The molecule has 0 radical (unpaired) electrons. The Morgan fingerprint density at radius 2 is 2.20 bits per heavy atom. The number of nitrogens with one attached hydrogen (secondary N) is 1. The summed E-state index contributed by atoms with van der Waals surface area (Å²) in [5, 5.41) is 2.67. The number of thioether (sulfide) groups is 1. The number of nitrogens with zero attached hydrogens (tertiary/aromatic N) is 1. The minimum Gasteiger partial charge on any atom is -0.459 e. The maximum Gasteiger partial charge on any atom is 0.317 e. The van der Waals surface area contributed by atoms with E-state index in [4.69, 9.17) is 4.74 Å². The number of ether oxygens (including phenoxy) is 1. The van der Waals surface area contributed by atoms with E-state index in [9.17, 15) is 9.59 Å². The molecule has 0 bridgehead atoms. The number of esters is 1. The number of hydrogen-bond donors (Lipinski definition) is 1. The molecule has 0 spiro atoms. The highest BCUT2D eigenvalue weighted by Gasteiger charge is 2.24. The van der Waals surface area contributed by atoms with E-state index in [1.807, 2.05) is 30.3 Å². The van der Waals surface area contributed by atoms with E-state index < -0.39 is 0 Å². The Kier molecular flexibility index (Phi) is 5.29. The van der Waals surface area contributed by atoms with Gasteiger partial charge in [0.25, 0.3) is 0 Å². The van der Waals surface area contributed by atoms with Crippen LogP contribution in [0.25, 0.3) is 0 Å². The second kappa shape index (κ2) is 7.19. The molecule has 0 aliphatic carbocycles. The quantitative estimate of drug-likeness (QED) is 0.664. The van der Waals surface area contributed by atoms with Crippen LogP contribution in [0.1, 0.15) is 6.42 Å². The van der Waals surface area contributed by atoms with Gasteiger partial charge >= 0.3 is 12.0 Å². The molecule has 2 amide bonds. The van der Waals surface area contributed by atoms with Crippen molar-refractivity contribution in [3.05, 3.63) is 30.3 Å². The predicted octanol–water partition coefficient (Wildman–Crippen LogP) is 1.74. The van der Waals surface area contributed by atoms with Gasteiger partial charge in [-0.25, -0.2) is 4.79 Å². The van der Waals surface area contributed by atoms with Crippen LogP contribution >= 0.6 is 11.8 Å². The Balaban J connectivity index is 1.67. The highest BCUT2D eigenvalue weighted by molar-refractivity contribution is 7.99. The van der Waals surface area contributed by atoms with Crippen molar-refractivity contribution in [3.63, 3.8) is 0 Å². The van der Waals surface area contributed by atoms with Gasteiger partial charge < -0.3 is 15.0 Å². The zero-order chi connectivity index (χ0) is 14.4. The Morgan fingerprint density at radius 1 is 1.45 bits per heavy atom. The molecule has 1 fully saturated rings. The molecule has 2 rings (SSSR count). The molecule has 20 heavy (non-hydrogen) atoms. The summed E-state index contributed by atoms with van der Waals surface area (Å²) >= 11 is 1.63. The largest absolute Gasteiger partial charge is 0.459 e. The Bertz CT molecular complexity index is 467. The fourth-order valence-electron chi connectivity index (χ4n) is 1.88. The van der Waals surface area contributed by atoms with Crippen LogP contribution in [-0.2, 0) is 9.53 Å². The number of urea groups is 1. The molecule has 5 nitrogen and oxygen atoms in total. The summed E-state index contributed by atoms with van der Waals surface area (Å²) in [5.74, 6) is 0.473. The summed E-state index contributed by atoms with van der Waals surface area (Å²) in [5.41, 5.74) is 0. The summed E-state index contributed by atoms with van der Waals surface area (Å²) in [7, 11) is 1.68. The van der Waals surface area contributed by atoms with Gasteiger partial charge in [-0.05, 0) is 12.1 Å². The second-order valence-electron chi connectivity index (χ2n) is 4.59. The van der Waals surface area contributed by atoms with E-state index in [1.54, 1.807) is 18.8 Å². The Morgan fingerprint density at radius 3 is 2.90 bits per heavy atom. The van der Waals surface area contributed by atoms with E-state index in [0.29, 0.717) is 25.3 Å². The van der Waals surface area contributed by atoms with Gasteiger partial charge in [0.1, 0.15) is 6.10 Å². The van der Waals surface area contributed by atoms with Crippen LogP contribution in [0.4, 0.5) is 4.79 Å². The average molecular weight is 294 g/mol. The fourth-order valence-corrected chi connectivity index (χ4v) is 2.74. The van der Waals surface area contributed by atoms with Crippen LogP contribution in [0.5, 0.6) is 0 Å². The highest BCUT2D eigenvalue weighted by atomic mass is 32.2. The molecule has 1 aliphatic rings. The van der Waals surface area contributed by atoms with Gasteiger partial charge in [0.15, 0.2) is 0 Å². The van der Waals surface area contributed by atoms with Crippen molar-refractivity contribution in [1.29, 1.82) is 0 Å². The van der Waals surface area contributed by atoms with Crippen molar-refractivity contribution >= 4 is 23.8 Å². The summed E-state index contributed by atoms with van der Waals surface area (Å²) in [6.45, 7) is 0.837. The highest BCUT2D eigenvalue weighted by Crippen LogP contribution is 2.18. The normalized spacial score (nSPS) is 18.6. The van der Waals surface area contributed by atoms with Crippen molar-refractivity contribution in [2.75, 3.05) is 25.9 Å². The van der Waals surface area contributed by atoms with Crippen molar-refractivity contribution in [2.45, 2.75) is 17.4 Å². The number of benzene rings is 1. The topological polar surface area (TPSA) is 58.6 Å². The molecular formula is C14H18N2O3S. The van der Waals surface area contributed by atoms with Crippen LogP contribution in [0.3, 0.4) is 0 Å². The molecule has 108 valence electrons.